The van der Waals surface area contributed by atoms with Crippen LogP contribution >= 0.6 is 11.3 Å². The second-order valence-electron chi connectivity index (χ2n) is 9.01. The molecule has 0 aliphatic carbocycles. The fourth-order valence-corrected chi connectivity index (χ4v) is 5.31. The highest BCUT2D eigenvalue weighted by molar-refractivity contribution is 7.09. The Labute approximate surface area is 211 Å². The summed E-state index contributed by atoms with van der Waals surface area (Å²) >= 11 is 1.39. The zero-order valence-electron chi connectivity index (χ0n) is 19.6. The van der Waals surface area contributed by atoms with Gasteiger partial charge in [-0.2, -0.15) is 13.2 Å². The Morgan fingerprint density at radius 3 is 2.50 bits per heavy atom. The third-order valence-electron chi connectivity index (χ3n) is 6.28. The molecule has 1 amide bonds. The SMILES string of the molecule is O=C(c1csc(CN(Cc2cccc(C(F)(F)F)c2)Cc2ccc3c(c2)OCO3)n1)N1CCCCC1. The van der Waals surface area contributed by atoms with Gasteiger partial charge in [0.1, 0.15) is 10.7 Å². The number of thiazole rings is 1. The first-order valence-electron chi connectivity index (χ1n) is 11.9. The number of ether oxygens (including phenoxy) is 2. The molecule has 0 N–H and O–H groups in total. The van der Waals surface area contributed by atoms with E-state index in [1.54, 1.807) is 11.4 Å². The number of piperidine rings is 1. The van der Waals surface area contributed by atoms with Gasteiger partial charge in [0.15, 0.2) is 11.5 Å². The largest absolute Gasteiger partial charge is 0.454 e. The Hall–Kier alpha value is -3.11. The molecule has 0 atom stereocenters. The minimum Gasteiger partial charge on any atom is -0.454 e. The van der Waals surface area contributed by atoms with E-state index in [2.05, 4.69) is 4.98 Å². The van der Waals surface area contributed by atoms with E-state index in [9.17, 15) is 18.0 Å². The fraction of sp³-hybridized carbons (Fsp3) is 0.385. The van der Waals surface area contributed by atoms with E-state index >= 15 is 0 Å². The minimum atomic E-state index is -4.41. The van der Waals surface area contributed by atoms with E-state index in [-0.39, 0.29) is 19.2 Å². The normalized spacial score (nSPS) is 15.5. The van der Waals surface area contributed by atoms with Gasteiger partial charge in [-0.15, -0.1) is 11.3 Å². The maximum absolute atomic E-state index is 13.3. The molecule has 0 saturated carbocycles. The van der Waals surface area contributed by atoms with Crippen molar-refractivity contribution in [2.24, 2.45) is 0 Å². The maximum atomic E-state index is 13.3. The maximum Gasteiger partial charge on any atom is 0.416 e. The summed E-state index contributed by atoms with van der Waals surface area (Å²) in [5.41, 5.74) is 1.24. The van der Waals surface area contributed by atoms with Crippen LogP contribution in [0.4, 0.5) is 13.2 Å². The van der Waals surface area contributed by atoms with Crippen molar-refractivity contribution >= 4 is 17.2 Å². The zero-order valence-corrected chi connectivity index (χ0v) is 20.4. The number of hydrogen-bond acceptors (Lipinski definition) is 6. The van der Waals surface area contributed by atoms with E-state index in [0.717, 1.165) is 49.0 Å². The van der Waals surface area contributed by atoms with Crippen LogP contribution in [0.1, 0.15) is 51.4 Å². The van der Waals surface area contributed by atoms with Crippen molar-refractivity contribution in [3.05, 3.63) is 75.2 Å². The number of amides is 1. The summed E-state index contributed by atoms with van der Waals surface area (Å²) in [5.74, 6) is 1.26. The van der Waals surface area contributed by atoms with Crippen LogP contribution in [0, 0.1) is 0 Å². The fourth-order valence-electron chi connectivity index (χ4n) is 4.50. The van der Waals surface area contributed by atoms with E-state index in [4.69, 9.17) is 9.47 Å². The number of carbonyl (C=O) groups excluding carboxylic acids is 1. The van der Waals surface area contributed by atoms with Crippen LogP contribution in [0.25, 0.3) is 0 Å². The average Bonchev–Trinajstić information content (AvgIpc) is 3.53. The number of aromatic nitrogens is 1. The summed E-state index contributed by atoms with van der Waals surface area (Å²) in [4.78, 5) is 21.3. The molecule has 3 aromatic rings. The lowest BCUT2D eigenvalue weighted by Gasteiger charge is -2.25. The summed E-state index contributed by atoms with van der Waals surface area (Å²) in [7, 11) is 0. The van der Waals surface area contributed by atoms with Gasteiger partial charge in [-0.3, -0.25) is 9.69 Å². The lowest BCUT2D eigenvalue weighted by Crippen LogP contribution is -2.35. The number of hydrogen-bond donors (Lipinski definition) is 0. The summed E-state index contributed by atoms with van der Waals surface area (Å²) in [6.45, 7) is 2.80. The Bertz CT molecular complexity index is 1220. The molecule has 36 heavy (non-hydrogen) atoms. The molecule has 1 fully saturated rings. The first kappa shape index (κ1) is 24.6. The molecular formula is C26H26F3N3O3S. The second-order valence-corrected chi connectivity index (χ2v) is 9.95. The van der Waals surface area contributed by atoms with Crippen molar-refractivity contribution in [2.75, 3.05) is 19.9 Å². The van der Waals surface area contributed by atoms with Crippen LogP contribution in [-0.4, -0.2) is 40.6 Å². The van der Waals surface area contributed by atoms with Crippen LogP contribution in [-0.2, 0) is 25.8 Å². The summed E-state index contributed by atoms with van der Waals surface area (Å²) in [5, 5.41) is 2.51. The Balaban J connectivity index is 1.35. The molecule has 2 aromatic carbocycles. The number of alkyl halides is 3. The predicted molar refractivity (Wildman–Crippen MR) is 129 cm³/mol. The molecule has 2 aliphatic rings. The van der Waals surface area contributed by atoms with E-state index in [1.165, 1.54) is 23.5 Å². The smallest absolute Gasteiger partial charge is 0.416 e. The molecule has 6 nitrogen and oxygen atoms in total. The molecule has 5 rings (SSSR count). The molecule has 0 bridgehead atoms. The van der Waals surface area contributed by atoms with Gasteiger partial charge in [0.05, 0.1) is 12.1 Å². The number of fused-ring (bicyclic) bond motifs is 1. The van der Waals surface area contributed by atoms with Crippen molar-refractivity contribution in [3.8, 4) is 11.5 Å². The lowest BCUT2D eigenvalue weighted by atomic mass is 10.1. The van der Waals surface area contributed by atoms with Crippen molar-refractivity contribution in [1.82, 2.24) is 14.8 Å². The molecule has 10 heteroatoms. The van der Waals surface area contributed by atoms with Gasteiger partial charge in [-0.25, -0.2) is 4.98 Å². The Morgan fingerprint density at radius 1 is 0.972 bits per heavy atom. The first-order chi connectivity index (χ1) is 17.3. The molecular weight excluding hydrogens is 491 g/mol. The van der Waals surface area contributed by atoms with Crippen LogP contribution in [0.3, 0.4) is 0 Å². The summed E-state index contributed by atoms with van der Waals surface area (Å²) in [6.07, 6.45) is -1.26. The Morgan fingerprint density at radius 2 is 1.72 bits per heavy atom. The number of halogens is 3. The molecule has 0 unspecified atom stereocenters. The third kappa shape index (κ3) is 5.82. The van der Waals surface area contributed by atoms with Gasteiger partial charge in [0.25, 0.3) is 5.91 Å². The number of carbonyl (C=O) groups is 1. The lowest BCUT2D eigenvalue weighted by molar-refractivity contribution is -0.137. The molecule has 190 valence electrons. The van der Waals surface area contributed by atoms with Crippen LogP contribution in [0.2, 0.25) is 0 Å². The number of rotatable bonds is 7. The molecule has 0 spiro atoms. The second kappa shape index (κ2) is 10.5. The highest BCUT2D eigenvalue weighted by atomic mass is 32.1. The van der Waals surface area contributed by atoms with Crippen LogP contribution in [0.5, 0.6) is 11.5 Å². The molecule has 2 aliphatic heterocycles. The highest BCUT2D eigenvalue weighted by Gasteiger charge is 2.30. The van der Waals surface area contributed by atoms with Crippen molar-refractivity contribution in [3.63, 3.8) is 0 Å². The van der Waals surface area contributed by atoms with Crippen LogP contribution < -0.4 is 9.47 Å². The van der Waals surface area contributed by atoms with E-state index < -0.39 is 11.7 Å². The molecule has 0 radical (unpaired) electrons. The van der Waals surface area contributed by atoms with Crippen molar-refractivity contribution < 1.29 is 27.4 Å². The average molecular weight is 518 g/mol. The van der Waals surface area contributed by atoms with E-state index in [0.29, 0.717) is 35.8 Å². The van der Waals surface area contributed by atoms with Gasteiger partial charge in [-0.1, -0.05) is 24.3 Å². The Kier molecular flexibility index (Phi) is 7.15. The van der Waals surface area contributed by atoms with Gasteiger partial charge < -0.3 is 14.4 Å². The monoisotopic (exact) mass is 517 g/mol. The topological polar surface area (TPSA) is 54.9 Å². The molecule has 1 saturated heterocycles. The number of likely N-dealkylation sites (tertiary alicyclic amines) is 1. The zero-order chi connectivity index (χ0) is 25.1. The predicted octanol–water partition coefficient (Wildman–Crippen LogP) is 5.72. The van der Waals surface area contributed by atoms with Crippen molar-refractivity contribution in [1.29, 1.82) is 0 Å². The highest BCUT2D eigenvalue weighted by Crippen LogP contribution is 2.34. The first-order valence-corrected chi connectivity index (χ1v) is 12.7. The molecule has 3 heterocycles. The van der Waals surface area contributed by atoms with Crippen LogP contribution in [0.15, 0.2) is 47.8 Å². The molecule has 1 aromatic heterocycles. The van der Waals surface area contributed by atoms with E-state index in [1.807, 2.05) is 28.0 Å². The van der Waals surface area contributed by atoms with Gasteiger partial charge >= 0.3 is 6.18 Å². The summed E-state index contributed by atoms with van der Waals surface area (Å²) < 4.78 is 50.7. The summed E-state index contributed by atoms with van der Waals surface area (Å²) in [6, 6.07) is 11.0. The third-order valence-corrected chi connectivity index (χ3v) is 7.11. The van der Waals surface area contributed by atoms with Crippen molar-refractivity contribution in [2.45, 2.75) is 45.1 Å². The standard InChI is InChI=1S/C26H26F3N3O3S/c27-26(28,29)20-6-4-5-18(11-20)13-31(14-19-7-8-22-23(12-19)35-17-34-22)15-24-30-21(16-36-24)25(33)32-9-2-1-3-10-32/h4-8,11-12,16H,1-3,9-10,13-15,17H2. The van der Waals surface area contributed by atoms with Gasteiger partial charge in [-0.05, 0) is 48.6 Å². The van der Waals surface area contributed by atoms with Gasteiger partial charge in [0, 0.05) is 31.6 Å². The quantitative estimate of drug-likeness (QED) is 0.401. The minimum absolute atomic E-state index is 0.0580. The van der Waals surface area contributed by atoms with Gasteiger partial charge in [0.2, 0.25) is 6.79 Å². The number of nitrogens with zero attached hydrogens (tertiary/aromatic N) is 3. The number of benzene rings is 2.